The van der Waals surface area contributed by atoms with Crippen LogP contribution in [0.15, 0.2) is 42.0 Å². The second-order valence-electron chi connectivity index (χ2n) is 12.8. The number of hydrogen-bond acceptors (Lipinski definition) is 5. The van der Waals surface area contributed by atoms with E-state index in [1.54, 1.807) is 45.8 Å². The molecule has 0 radical (unpaired) electrons. The number of methoxy groups -OCH3 is 2. The normalized spacial score (nSPS) is 20.9. The lowest BCUT2D eigenvalue weighted by Crippen LogP contribution is -2.35. The number of allylic oxidation sites excluding steroid dienone is 1. The van der Waals surface area contributed by atoms with Gasteiger partial charge in [-0.3, -0.25) is 9.69 Å². The van der Waals surface area contributed by atoms with Crippen LogP contribution in [0, 0.1) is 12.3 Å². The Bertz CT molecular complexity index is 1410. The molecule has 0 aromatic heterocycles. The van der Waals surface area contributed by atoms with E-state index in [2.05, 4.69) is 13.8 Å². The van der Waals surface area contributed by atoms with E-state index in [-0.39, 0.29) is 17.9 Å². The van der Waals surface area contributed by atoms with Crippen LogP contribution >= 0.6 is 0 Å². The molecule has 2 atom stereocenters. The first-order valence-corrected chi connectivity index (χ1v) is 14.1. The third kappa shape index (κ3) is 6.15. The molecule has 2 aromatic rings. The van der Waals surface area contributed by atoms with Crippen molar-refractivity contribution in [3.63, 3.8) is 0 Å². The summed E-state index contributed by atoms with van der Waals surface area (Å²) < 4.78 is 57.1. The maximum absolute atomic E-state index is 13.5. The third-order valence-corrected chi connectivity index (χ3v) is 8.62. The second-order valence-corrected chi connectivity index (χ2v) is 12.8. The molecule has 1 amide bonds. The van der Waals surface area contributed by atoms with Crippen LogP contribution in [0.2, 0.25) is 0 Å². The van der Waals surface area contributed by atoms with Gasteiger partial charge in [-0.15, -0.1) is 0 Å². The van der Waals surface area contributed by atoms with Crippen molar-refractivity contribution < 1.29 is 37.0 Å². The molecule has 0 bridgehead atoms. The number of alkyl halides is 3. The van der Waals surface area contributed by atoms with E-state index in [1.165, 1.54) is 7.11 Å². The summed E-state index contributed by atoms with van der Waals surface area (Å²) in [4.78, 5) is 27.4. The van der Waals surface area contributed by atoms with Crippen molar-refractivity contribution in [1.29, 1.82) is 0 Å². The standard InChI is InChI=1S/C33H40F3NO5/c1-19-13-21(15-24(14-19)33(34,35)36)28-20(2)37(30(39)42-28)18-22-17-31(3,4)12-11-25(22)26-16-23(9-10-27(26)40-7)32(5,6)29(38)41-8/h9-10,13-16,20,28H,11-12,17-18H2,1-8H3/t20-,28-/m0/s1. The fourth-order valence-corrected chi connectivity index (χ4v) is 6.10. The summed E-state index contributed by atoms with van der Waals surface area (Å²) in [6.07, 6.45) is -3.56. The minimum absolute atomic E-state index is 0.0284. The Labute approximate surface area is 245 Å². The molecule has 4 rings (SSSR count). The van der Waals surface area contributed by atoms with Crippen LogP contribution in [-0.2, 0) is 25.9 Å². The summed E-state index contributed by atoms with van der Waals surface area (Å²) in [5.41, 5.74) is 2.77. The first-order chi connectivity index (χ1) is 19.5. The van der Waals surface area contributed by atoms with E-state index >= 15 is 0 Å². The van der Waals surface area contributed by atoms with Gasteiger partial charge in [-0.05, 0) is 98.9 Å². The fraction of sp³-hybridized carbons (Fsp3) is 0.515. The number of rotatable bonds is 7. The quantitative estimate of drug-likeness (QED) is 0.307. The van der Waals surface area contributed by atoms with Gasteiger partial charge < -0.3 is 14.2 Å². The Hall–Kier alpha value is -3.49. The Morgan fingerprint density at radius 3 is 2.40 bits per heavy atom. The van der Waals surface area contributed by atoms with Gasteiger partial charge >= 0.3 is 18.2 Å². The molecule has 1 heterocycles. The minimum Gasteiger partial charge on any atom is -0.496 e. The van der Waals surface area contributed by atoms with E-state index < -0.39 is 35.4 Å². The van der Waals surface area contributed by atoms with Crippen molar-refractivity contribution in [2.75, 3.05) is 20.8 Å². The van der Waals surface area contributed by atoms with Gasteiger partial charge in [0.1, 0.15) is 11.9 Å². The van der Waals surface area contributed by atoms with Crippen molar-refractivity contribution in [2.45, 2.75) is 84.5 Å². The van der Waals surface area contributed by atoms with Gasteiger partial charge in [-0.1, -0.05) is 31.5 Å². The largest absolute Gasteiger partial charge is 0.496 e. The summed E-state index contributed by atoms with van der Waals surface area (Å²) in [7, 11) is 2.96. The number of hydrogen-bond donors (Lipinski definition) is 0. The number of carbonyl (C=O) groups is 2. The lowest BCUT2D eigenvalue weighted by Gasteiger charge is -2.36. The Morgan fingerprint density at radius 2 is 1.79 bits per heavy atom. The number of halogens is 3. The van der Waals surface area contributed by atoms with Crippen molar-refractivity contribution in [3.8, 4) is 5.75 Å². The molecule has 2 aromatic carbocycles. The SMILES string of the molecule is COC(=O)C(C)(C)c1ccc(OC)c(C2=C(CN3C(=O)O[C@H](c4cc(C)cc(C(F)(F)F)c4)[C@@H]3C)CC(C)(C)CC2)c1. The van der Waals surface area contributed by atoms with E-state index in [9.17, 15) is 22.8 Å². The summed E-state index contributed by atoms with van der Waals surface area (Å²) in [5.74, 6) is 0.295. The molecule has 42 heavy (non-hydrogen) atoms. The minimum atomic E-state index is -4.50. The smallest absolute Gasteiger partial charge is 0.416 e. The topological polar surface area (TPSA) is 65.1 Å². The maximum atomic E-state index is 13.5. The summed E-state index contributed by atoms with van der Waals surface area (Å²) in [6.45, 7) is 11.6. The molecule has 1 fully saturated rings. The number of benzene rings is 2. The molecule has 0 saturated carbocycles. The summed E-state index contributed by atoms with van der Waals surface area (Å²) in [5, 5.41) is 0. The number of cyclic esters (lactones) is 1. The molecule has 228 valence electrons. The highest BCUT2D eigenvalue weighted by molar-refractivity contribution is 5.84. The highest BCUT2D eigenvalue weighted by atomic mass is 19.4. The van der Waals surface area contributed by atoms with Crippen molar-refractivity contribution in [2.24, 2.45) is 5.41 Å². The lowest BCUT2D eigenvalue weighted by atomic mass is 9.72. The van der Waals surface area contributed by atoms with E-state index in [1.807, 2.05) is 18.2 Å². The number of nitrogens with zero attached hydrogens (tertiary/aromatic N) is 1. The molecule has 2 aliphatic rings. The van der Waals surface area contributed by atoms with Crippen LogP contribution in [0.25, 0.3) is 5.57 Å². The van der Waals surface area contributed by atoms with Gasteiger partial charge in [0.25, 0.3) is 0 Å². The predicted molar refractivity (Wildman–Crippen MR) is 154 cm³/mol. The zero-order valence-corrected chi connectivity index (χ0v) is 25.6. The molecular weight excluding hydrogens is 547 g/mol. The first-order valence-electron chi connectivity index (χ1n) is 14.1. The van der Waals surface area contributed by atoms with Crippen LogP contribution < -0.4 is 4.74 Å². The van der Waals surface area contributed by atoms with E-state index in [4.69, 9.17) is 14.2 Å². The molecule has 6 nitrogen and oxygen atoms in total. The summed E-state index contributed by atoms with van der Waals surface area (Å²) >= 11 is 0. The van der Waals surface area contributed by atoms with Crippen LogP contribution in [0.5, 0.6) is 5.75 Å². The molecule has 1 saturated heterocycles. The zero-order chi connectivity index (χ0) is 31.2. The molecule has 9 heteroatoms. The molecule has 0 spiro atoms. The molecular formula is C33H40F3NO5. The second kappa shape index (κ2) is 11.3. The van der Waals surface area contributed by atoms with Gasteiger partial charge in [0.2, 0.25) is 0 Å². The average Bonchev–Trinajstić information content (AvgIpc) is 3.19. The highest BCUT2D eigenvalue weighted by Crippen LogP contribution is 2.47. The average molecular weight is 588 g/mol. The Balaban J connectivity index is 1.75. The van der Waals surface area contributed by atoms with Crippen molar-refractivity contribution >= 4 is 17.6 Å². The number of carbonyl (C=O) groups excluding carboxylic acids is 2. The molecule has 1 aliphatic heterocycles. The first kappa shape index (κ1) is 31.4. The Morgan fingerprint density at radius 1 is 1.10 bits per heavy atom. The van der Waals surface area contributed by atoms with Crippen molar-refractivity contribution in [1.82, 2.24) is 4.90 Å². The number of ether oxygens (including phenoxy) is 3. The van der Waals surface area contributed by atoms with Gasteiger partial charge in [-0.2, -0.15) is 13.2 Å². The van der Waals surface area contributed by atoms with Crippen LogP contribution in [-0.4, -0.2) is 43.8 Å². The number of amides is 1. The highest BCUT2D eigenvalue weighted by Gasteiger charge is 2.43. The van der Waals surface area contributed by atoms with Crippen molar-refractivity contribution in [3.05, 3.63) is 69.8 Å². The molecule has 0 unspecified atom stereocenters. The lowest BCUT2D eigenvalue weighted by molar-refractivity contribution is -0.146. The van der Waals surface area contributed by atoms with Gasteiger partial charge in [0.15, 0.2) is 0 Å². The van der Waals surface area contributed by atoms with Crippen LogP contribution in [0.3, 0.4) is 0 Å². The van der Waals surface area contributed by atoms with Gasteiger partial charge in [0.05, 0.1) is 31.2 Å². The summed E-state index contributed by atoms with van der Waals surface area (Å²) in [6, 6.07) is 8.97. The van der Waals surface area contributed by atoms with Gasteiger partial charge in [-0.25, -0.2) is 4.79 Å². The van der Waals surface area contributed by atoms with Crippen LogP contribution in [0.4, 0.5) is 18.0 Å². The fourth-order valence-electron chi connectivity index (χ4n) is 6.10. The molecule has 0 N–H and O–H groups in total. The van der Waals surface area contributed by atoms with E-state index in [0.29, 0.717) is 23.3 Å². The monoisotopic (exact) mass is 587 g/mol. The number of esters is 1. The maximum Gasteiger partial charge on any atom is 0.416 e. The molecule has 1 aliphatic carbocycles. The Kier molecular flexibility index (Phi) is 8.46. The third-order valence-electron chi connectivity index (χ3n) is 8.62. The predicted octanol–water partition coefficient (Wildman–Crippen LogP) is 8.02. The number of aryl methyl sites for hydroxylation is 1. The van der Waals surface area contributed by atoms with E-state index in [0.717, 1.165) is 47.2 Å². The zero-order valence-electron chi connectivity index (χ0n) is 25.6. The van der Waals surface area contributed by atoms with Crippen LogP contribution in [0.1, 0.15) is 87.8 Å². The van der Waals surface area contributed by atoms with Gasteiger partial charge in [0, 0.05) is 12.1 Å².